The van der Waals surface area contributed by atoms with Gasteiger partial charge in [-0.15, -0.1) is 0 Å². The number of aromatic nitrogens is 1. The normalized spacial score (nSPS) is 10.3. The summed E-state index contributed by atoms with van der Waals surface area (Å²) in [6.45, 7) is 4.10. The molecule has 3 aromatic rings. The Bertz CT molecular complexity index is 943. The van der Waals surface area contributed by atoms with Gasteiger partial charge in [0.15, 0.2) is 0 Å². The maximum absolute atomic E-state index is 9.48. The van der Waals surface area contributed by atoms with Gasteiger partial charge >= 0.3 is 0 Å². The second-order valence-electron chi connectivity index (χ2n) is 5.64. The molecule has 0 saturated heterocycles. The summed E-state index contributed by atoms with van der Waals surface area (Å²) in [6, 6.07) is 20.6. The highest BCUT2D eigenvalue weighted by Crippen LogP contribution is 2.29. The Balaban J connectivity index is 2.22. The smallest absolute Gasteiger partial charge is 0.122 e. The molecule has 0 fully saturated rings. The number of rotatable bonds is 2. The van der Waals surface area contributed by atoms with Crippen molar-refractivity contribution in [3.63, 3.8) is 0 Å². The number of nitriles is 1. The van der Waals surface area contributed by atoms with Gasteiger partial charge in [-0.1, -0.05) is 71.9 Å². The van der Waals surface area contributed by atoms with E-state index in [4.69, 9.17) is 12.2 Å². The highest BCUT2D eigenvalue weighted by Gasteiger charge is 2.10. The summed E-state index contributed by atoms with van der Waals surface area (Å²) in [5.74, 6) is 0. The molecule has 0 aliphatic rings. The zero-order valence-electron chi connectivity index (χ0n) is 13.1. The largest absolute Gasteiger partial charge is 0.345 e. The lowest BCUT2D eigenvalue weighted by molar-refractivity contribution is 1.27. The summed E-state index contributed by atoms with van der Waals surface area (Å²) in [7, 11) is 0. The minimum atomic E-state index is 0.473. The number of nitrogens with zero attached hydrogens (tertiary/aromatic N) is 1. The fourth-order valence-corrected chi connectivity index (χ4v) is 2.79. The van der Waals surface area contributed by atoms with Gasteiger partial charge < -0.3 is 4.98 Å². The molecule has 0 atom stereocenters. The van der Waals surface area contributed by atoms with Crippen LogP contribution in [0.25, 0.3) is 22.4 Å². The molecule has 0 unspecified atom stereocenters. The summed E-state index contributed by atoms with van der Waals surface area (Å²) in [6.07, 6.45) is 0. The topological polar surface area (TPSA) is 39.6 Å². The van der Waals surface area contributed by atoms with Gasteiger partial charge in [-0.2, -0.15) is 5.26 Å². The quantitative estimate of drug-likeness (QED) is 0.628. The lowest BCUT2D eigenvalue weighted by Gasteiger charge is -2.10. The van der Waals surface area contributed by atoms with E-state index in [0.717, 1.165) is 22.4 Å². The molecular weight excluding hydrogens is 300 g/mol. The Kier molecular flexibility index (Phi) is 4.10. The number of benzene rings is 2. The summed E-state index contributed by atoms with van der Waals surface area (Å²) in [5.41, 5.74) is 6.75. The highest BCUT2D eigenvalue weighted by molar-refractivity contribution is 7.71. The number of pyridine rings is 1. The second kappa shape index (κ2) is 6.20. The molecule has 0 aliphatic heterocycles. The average Bonchev–Trinajstić information content (AvgIpc) is 2.55. The fraction of sp³-hybridized carbons (Fsp3) is 0.100. The van der Waals surface area contributed by atoms with Crippen LogP contribution in [0.3, 0.4) is 0 Å². The number of aryl methyl sites for hydroxylation is 2. The van der Waals surface area contributed by atoms with Gasteiger partial charge in [-0.05, 0) is 31.0 Å². The van der Waals surface area contributed by atoms with E-state index in [1.54, 1.807) is 0 Å². The minimum absolute atomic E-state index is 0.473. The van der Waals surface area contributed by atoms with Gasteiger partial charge in [-0.3, -0.25) is 0 Å². The maximum Gasteiger partial charge on any atom is 0.122 e. The van der Waals surface area contributed by atoms with Crippen LogP contribution in [0.4, 0.5) is 0 Å². The van der Waals surface area contributed by atoms with Crippen molar-refractivity contribution in [1.29, 1.82) is 5.26 Å². The van der Waals surface area contributed by atoms with Crippen molar-refractivity contribution >= 4 is 12.2 Å². The van der Waals surface area contributed by atoms with Crippen molar-refractivity contribution in [2.45, 2.75) is 13.8 Å². The number of H-pyrrole nitrogens is 1. The Labute approximate surface area is 141 Å². The molecule has 23 heavy (non-hydrogen) atoms. The van der Waals surface area contributed by atoms with Gasteiger partial charge in [0.2, 0.25) is 0 Å². The van der Waals surface area contributed by atoms with Gasteiger partial charge in [0.05, 0.1) is 5.56 Å². The van der Waals surface area contributed by atoms with Crippen molar-refractivity contribution in [3.8, 4) is 28.5 Å². The van der Waals surface area contributed by atoms with Crippen molar-refractivity contribution < 1.29 is 0 Å². The first-order valence-electron chi connectivity index (χ1n) is 7.40. The number of hydrogen-bond donors (Lipinski definition) is 1. The SMILES string of the molecule is Cc1ccc(-c2cc(-c3ccc(C)cc3)c(C#N)c(=S)[nH]2)cc1. The van der Waals surface area contributed by atoms with Crippen molar-refractivity contribution in [3.05, 3.63) is 75.9 Å². The van der Waals surface area contributed by atoms with Crippen molar-refractivity contribution in [1.82, 2.24) is 4.98 Å². The zero-order valence-corrected chi connectivity index (χ0v) is 13.9. The maximum atomic E-state index is 9.48. The van der Waals surface area contributed by atoms with Gasteiger partial charge in [-0.25, -0.2) is 0 Å². The van der Waals surface area contributed by atoms with E-state index in [0.29, 0.717) is 10.2 Å². The number of aromatic amines is 1. The van der Waals surface area contributed by atoms with Crippen LogP contribution in [0.15, 0.2) is 54.6 Å². The molecule has 0 saturated carbocycles. The van der Waals surface area contributed by atoms with E-state index in [2.05, 4.69) is 42.2 Å². The van der Waals surface area contributed by atoms with E-state index >= 15 is 0 Å². The second-order valence-corrected chi connectivity index (χ2v) is 6.05. The van der Waals surface area contributed by atoms with Crippen LogP contribution in [-0.2, 0) is 0 Å². The van der Waals surface area contributed by atoms with Gasteiger partial charge in [0.1, 0.15) is 10.7 Å². The average molecular weight is 316 g/mol. The Hall–Kier alpha value is -2.70. The van der Waals surface area contributed by atoms with Crippen LogP contribution in [-0.4, -0.2) is 4.98 Å². The standard InChI is InChI=1S/C20H16N2S/c1-13-3-7-15(8-4-13)17-11-19(22-20(23)18(17)12-21)16-9-5-14(2)6-10-16/h3-11H,1-2H3,(H,22,23). The van der Waals surface area contributed by atoms with Crippen LogP contribution in [0.1, 0.15) is 16.7 Å². The molecule has 1 heterocycles. The molecule has 2 nitrogen and oxygen atoms in total. The first-order valence-corrected chi connectivity index (χ1v) is 7.81. The predicted octanol–water partition coefficient (Wildman–Crippen LogP) is 5.57. The van der Waals surface area contributed by atoms with Crippen molar-refractivity contribution in [2.24, 2.45) is 0 Å². The van der Waals surface area contributed by atoms with Crippen LogP contribution < -0.4 is 0 Å². The summed E-state index contributed by atoms with van der Waals surface area (Å²) in [5, 5.41) is 9.48. The molecular formula is C20H16N2S. The number of nitrogens with one attached hydrogen (secondary N) is 1. The third-order valence-corrected chi connectivity index (χ3v) is 4.18. The molecule has 0 bridgehead atoms. The third-order valence-electron chi connectivity index (χ3n) is 3.87. The van der Waals surface area contributed by atoms with E-state index in [9.17, 15) is 5.26 Å². The molecule has 1 N–H and O–H groups in total. The third kappa shape index (κ3) is 3.08. The summed E-state index contributed by atoms with van der Waals surface area (Å²) in [4.78, 5) is 3.18. The summed E-state index contributed by atoms with van der Waals surface area (Å²) >= 11 is 5.40. The first-order chi connectivity index (χ1) is 11.1. The van der Waals surface area contributed by atoms with Gasteiger partial charge in [0.25, 0.3) is 0 Å². The first kappa shape index (κ1) is 15.2. The van der Waals surface area contributed by atoms with Crippen molar-refractivity contribution in [2.75, 3.05) is 0 Å². The van der Waals surface area contributed by atoms with E-state index < -0.39 is 0 Å². The molecule has 1 aromatic heterocycles. The van der Waals surface area contributed by atoms with E-state index in [1.165, 1.54) is 11.1 Å². The lowest BCUT2D eigenvalue weighted by atomic mass is 9.98. The Morgan fingerprint density at radius 1 is 0.870 bits per heavy atom. The Morgan fingerprint density at radius 2 is 1.39 bits per heavy atom. The molecule has 0 aliphatic carbocycles. The molecule has 0 amide bonds. The number of hydrogen-bond acceptors (Lipinski definition) is 2. The lowest BCUT2D eigenvalue weighted by Crippen LogP contribution is -1.93. The zero-order chi connectivity index (χ0) is 16.4. The Morgan fingerprint density at radius 3 is 1.91 bits per heavy atom. The van der Waals surface area contributed by atoms with E-state index in [-0.39, 0.29) is 0 Å². The molecule has 112 valence electrons. The predicted molar refractivity (Wildman–Crippen MR) is 96.7 cm³/mol. The monoisotopic (exact) mass is 316 g/mol. The van der Waals surface area contributed by atoms with Gasteiger partial charge in [0, 0.05) is 11.3 Å². The summed E-state index contributed by atoms with van der Waals surface area (Å²) < 4.78 is 0.473. The van der Waals surface area contributed by atoms with Crippen LogP contribution >= 0.6 is 12.2 Å². The fourth-order valence-electron chi connectivity index (χ4n) is 2.52. The molecule has 3 rings (SSSR count). The van der Waals surface area contributed by atoms with Crippen LogP contribution in [0.2, 0.25) is 0 Å². The molecule has 2 aromatic carbocycles. The van der Waals surface area contributed by atoms with E-state index in [1.807, 2.05) is 37.3 Å². The molecule has 3 heteroatoms. The van der Waals surface area contributed by atoms with Crippen LogP contribution in [0.5, 0.6) is 0 Å². The molecule has 0 radical (unpaired) electrons. The highest BCUT2D eigenvalue weighted by atomic mass is 32.1. The van der Waals surface area contributed by atoms with Crippen LogP contribution in [0, 0.1) is 29.8 Å². The molecule has 0 spiro atoms. The minimum Gasteiger partial charge on any atom is -0.345 e.